The van der Waals surface area contributed by atoms with Crippen LogP contribution in [-0.4, -0.2) is 57.2 Å². The number of rotatable bonds is 4. The van der Waals surface area contributed by atoms with Gasteiger partial charge in [0.05, 0.1) is 26.7 Å². The van der Waals surface area contributed by atoms with Gasteiger partial charge in [0.15, 0.2) is 5.96 Å². The minimum atomic E-state index is -0.229. The molecule has 1 N–H and O–H groups in total. The number of halogens is 1. The van der Waals surface area contributed by atoms with Crippen molar-refractivity contribution in [1.29, 1.82) is 0 Å². The third-order valence-corrected chi connectivity index (χ3v) is 4.19. The minimum absolute atomic E-state index is 0. The summed E-state index contributed by atoms with van der Waals surface area (Å²) in [6, 6.07) is 6.45. The second-order valence-corrected chi connectivity index (χ2v) is 5.97. The summed E-state index contributed by atoms with van der Waals surface area (Å²) in [5.41, 5.74) is 3.72. The third kappa shape index (κ3) is 6.14. The molecule has 2 rings (SSSR count). The number of hydrogen-bond donors (Lipinski definition) is 1. The topological polar surface area (TPSA) is 63.2 Å². The largest absolute Gasteiger partial charge is 0.469 e. The summed E-state index contributed by atoms with van der Waals surface area (Å²) in [5, 5.41) is 3.22. The van der Waals surface area contributed by atoms with Crippen LogP contribution in [0.15, 0.2) is 23.2 Å². The van der Waals surface area contributed by atoms with Crippen molar-refractivity contribution in [3.63, 3.8) is 0 Å². The van der Waals surface area contributed by atoms with Crippen LogP contribution < -0.4 is 5.32 Å². The Bertz CT molecular complexity index is 607. The van der Waals surface area contributed by atoms with E-state index in [-0.39, 0.29) is 36.0 Å². The Morgan fingerprint density at radius 2 is 2.20 bits per heavy atom. The number of ether oxygens (including phenoxy) is 2. The molecule has 0 bridgehead atoms. The number of aryl methyl sites for hydroxylation is 2. The molecular formula is C18H28IN3O3. The molecule has 1 aliphatic heterocycles. The molecule has 1 aromatic rings. The van der Waals surface area contributed by atoms with E-state index in [0.29, 0.717) is 19.6 Å². The maximum Gasteiger partial charge on any atom is 0.307 e. The van der Waals surface area contributed by atoms with Gasteiger partial charge < -0.3 is 19.7 Å². The molecule has 1 saturated heterocycles. The molecule has 0 radical (unpaired) electrons. The second-order valence-electron chi connectivity index (χ2n) is 5.97. The first-order chi connectivity index (χ1) is 11.5. The summed E-state index contributed by atoms with van der Waals surface area (Å²) >= 11 is 0. The van der Waals surface area contributed by atoms with Crippen LogP contribution in [0, 0.1) is 13.8 Å². The second kappa shape index (κ2) is 10.6. The Labute approximate surface area is 167 Å². The Morgan fingerprint density at radius 1 is 1.44 bits per heavy atom. The standard InChI is InChI=1S/C18H27N3O3.HI/c1-13-5-6-15(14(2)11-13)16-12-21(9-10-24-16)18(19-3)20-8-7-17(22)23-4;/h5-6,11,16H,7-10,12H2,1-4H3,(H,19,20);1H. The van der Waals surface area contributed by atoms with Crippen molar-refractivity contribution in [2.24, 2.45) is 4.99 Å². The fourth-order valence-corrected chi connectivity index (χ4v) is 2.93. The smallest absolute Gasteiger partial charge is 0.307 e. The number of methoxy groups -OCH3 is 1. The summed E-state index contributed by atoms with van der Waals surface area (Å²) < 4.78 is 10.6. The van der Waals surface area contributed by atoms with Crippen molar-refractivity contribution in [3.8, 4) is 0 Å². The molecule has 1 aromatic carbocycles. The highest BCUT2D eigenvalue weighted by Gasteiger charge is 2.25. The lowest BCUT2D eigenvalue weighted by Crippen LogP contribution is -2.48. The van der Waals surface area contributed by atoms with Crippen molar-refractivity contribution in [3.05, 3.63) is 34.9 Å². The zero-order chi connectivity index (χ0) is 17.5. The van der Waals surface area contributed by atoms with Gasteiger partial charge in [0, 0.05) is 20.1 Å². The van der Waals surface area contributed by atoms with Crippen LogP contribution in [0.25, 0.3) is 0 Å². The van der Waals surface area contributed by atoms with Gasteiger partial charge in [0.2, 0.25) is 0 Å². The summed E-state index contributed by atoms with van der Waals surface area (Å²) in [4.78, 5) is 17.7. The molecule has 0 aromatic heterocycles. The van der Waals surface area contributed by atoms with Crippen LogP contribution in [0.1, 0.15) is 29.2 Å². The van der Waals surface area contributed by atoms with Gasteiger partial charge in [-0.05, 0) is 25.0 Å². The van der Waals surface area contributed by atoms with Gasteiger partial charge in [-0.3, -0.25) is 9.79 Å². The molecule has 0 saturated carbocycles. The Hall–Kier alpha value is -1.35. The Morgan fingerprint density at radius 3 is 2.84 bits per heavy atom. The van der Waals surface area contributed by atoms with Gasteiger partial charge in [-0.25, -0.2) is 0 Å². The Balaban J connectivity index is 0.00000312. The van der Waals surface area contributed by atoms with Crippen LogP contribution >= 0.6 is 24.0 Å². The van der Waals surface area contributed by atoms with Crippen LogP contribution in [0.4, 0.5) is 0 Å². The van der Waals surface area contributed by atoms with E-state index < -0.39 is 0 Å². The van der Waals surface area contributed by atoms with Crippen molar-refractivity contribution in [1.82, 2.24) is 10.2 Å². The van der Waals surface area contributed by atoms with E-state index in [1.54, 1.807) is 7.05 Å². The van der Waals surface area contributed by atoms with Crippen LogP contribution in [-0.2, 0) is 14.3 Å². The first-order valence-corrected chi connectivity index (χ1v) is 8.26. The first-order valence-electron chi connectivity index (χ1n) is 8.26. The summed E-state index contributed by atoms with van der Waals surface area (Å²) in [5.74, 6) is 0.560. The SMILES string of the molecule is CN=C(NCCC(=O)OC)N1CCOC(c2ccc(C)cc2C)C1.I. The number of carbonyl (C=O) groups excluding carboxylic acids is 1. The summed E-state index contributed by atoms with van der Waals surface area (Å²) in [6.45, 7) is 6.88. The molecule has 1 aliphatic rings. The summed E-state index contributed by atoms with van der Waals surface area (Å²) in [6.07, 6.45) is 0.346. The highest BCUT2D eigenvalue weighted by molar-refractivity contribution is 14.0. The molecule has 0 amide bonds. The minimum Gasteiger partial charge on any atom is -0.469 e. The molecule has 0 spiro atoms. The lowest BCUT2D eigenvalue weighted by atomic mass is 10.00. The zero-order valence-corrected chi connectivity index (χ0v) is 17.7. The van der Waals surface area contributed by atoms with Crippen molar-refractivity contribution >= 4 is 35.9 Å². The van der Waals surface area contributed by atoms with Gasteiger partial charge in [-0.1, -0.05) is 23.8 Å². The lowest BCUT2D eigenvalue weighted by Gasteiger charge is -2.35. The van der Waals surface area contributed by atoms with Crippen molar-refractivity contribution in [2.45, 2.75) is 26.4 Å². The molecule has 140 valence electrons. The van der Waals surface area contributed by atoms with Gasteiger partial charge in [0.1, 0.15) is 6.10 Å². The number of nitrogens with one attached hydrogen (secondary N) is 1. The average molecular weight is 461 g/mol. The molecular weight excluding hydrogens is 433 g/mol. The van der Waals surface area contributed by atoms with E-state index >= 15 is 0 Å². The van der Waals surface area contributed by atoms with Crippen molar-refractivity contribution in [2.75, 3.05) is 40.4 Å². The predicted octanol–water partition coefficient (Wildman–Crippen LogP) is 2.43. The quantitative estimate of drug-likeness (QED) is 0.323. The molecule has 1 atom stereocenters. The number of esters is 1. The lowest BCUT2D eigenvalue weighted by molar-refractivity contribution is -0.140. The van der Waals surface area contributed by atoms with E-state index in [0.717, 1.165) is 19.0 Å². The summed E-state index contributed by atoms with van der Waals surface area (Å²) in [7, 11) is 3.15. The predicted molar refractivity (Wildman–Crippen MR) is 110 cm³/mol. The average Bonchev–Trinajstić information content (AvgIpc) is 2.58. The van der Waals surface area contributed by atoms with E-state index in [1.165, 1.54) is 23.8 Å². The van der Waals surface area contributed by atoms with E-state index in [4.69, 9.17) is 4.74 Å². The van der Waals surface area contributed by atoms with Crippen LogP contribution in [0.5, 0.6) is 0 Å². The molecule has 1 unspecified atom stereocenters. The zero-order valence-electron chi connectivity index (χ0n) is 15.4. The third-order valence-electron chi connectivity index (χ3n) is 4.19. The number of nitrogens with zero attached hydrogens (tertiary/aromatic N) is 2. The fraction of sp³-hybridized carbons (Fsp3) is 0.556. The molecule has 0 aliphatic carbocycles. The highest BCUT2D eigenvalue weighted by Crippen LogP contribution is 2.25. The normalized spacial score (nSPS) is 17.7. The monoisotopic (exact) mass is 461 g/mol. The molecule has 7 heteroatoms. The molecule has 6 nitrogen and oxygen atoms in total. The highest BCUT2D eigenvalue weighted by atomic mass is 127. The number of hydrogen-bond acceptors (Lipinski definition) is 4. The number of morpholine rings is 1. The van der Waals surface area contributed by atoms with Gasteiger partial charge in [0.25, 0.3) is 0 Å². The maximum atomic E-state index is 11.2. The van der Waals surface area contributed by atoms with Crippen LogP contribution in [0.2, 0.25) is 0 Å². The maximum absolute atomic E-state index is 11.2. The van der Waals surface area contributed by atoms with Gasteiger partial charge >= 0.3 is 5.97 Å². The molecule has 25 heavy (non-hydrogen) atoms. The van der Waals surface area contributed by atoms with E-state index in [2.05, 4.69) is 52.0 Å². The molecule has 1 fully saturated rings. The number of guanidine groups is 1. The number of benzene rings is 1. The van der Waals surface area contributed by atoms with E-state index in [1.807, 2.05) is 0 Å². The van der Waals surface area contributed by atoms with Gasteiger partial charge in [-0.15, -0.1) is 24.0 Å². The number of aliphatic imine (C=N–C) groups is 1. The van der Waals surface area contributed by atoms with Crippen molar-refractivity contribution < 1.29 is 14.3 Å². The van der Waals surface area contributed by atoms with Gasteiger partial charge in [-0.2, -0.15) is 0 Å². The Kier molecular flexibility index (Phi) is 9.20. The van der Waals surface area contributed by atoms with Crippen LogP contribution in [0.3, 0.4) is 0 Å². The number of carbonyl (C=O) groups is 1. The first kappa shape index (κ1) is 21.7. The fourth-order valence-electron chi connectivity index (χ4n) is 2.93. The van der Waals surface area contributed by atoms with E-state index in [9.17, 15) is 4.79 Å². The molecule has 1 heterocycles.